The Kier molecular flexibility index (Phi) is 6.08. The van der Waals surface area contributed by atoms with Gasteiger partial charge in [-0.1, -0.05) is 25.8 Å². The molecule has 0 aromatic heterocycles. The first-order valence-corrected chi connectivity index (χ1v) is 5.09. The van der Waals surface area contributed by atoms with Crippen molar-refractivity contribution >= 4 is 22.6 Å². The lowest BCUT2D eigenvalue weighted by Gasteiger charge is -2.12. The molecule has 0 saturated heterocycles. The summed E-state index contributed by atoms with van der Waals surface area (Å²) >= 11 is 1.71. The molecular formula is C8H15IO3. The van der Waals surface area contributed by atoms with Gasteiger partial charge in [-0.15, -0.1) is 0 Å². The summed E-state index contributed by atoms with van der Waals surface area (Å²) in [7, 11) is 0. The molecule has 0 amide bonds. The maximum atomic E-state index is 8.68. The Balaban J connectivity index is 3.70. The summed E-state index contributed by atoms with van der Waals surface area (Å²) in [6.07, 6.45) is 5.67. The smallest absolute Gasteiger partial charge is 0.310 e. The van der Waals surface area contributed by atoms with E-state index >= 15 is 0 Å². The van der Waals surface area contributed by atoms with Crippen LogP contribution < -0.4 is 0 Å². The Labute approximate surface area is 86.2 Å². The monoisotopic (exact) mass is 286 g/mol. The van der Waals surface area contributed by atoms with E-state index in [0.29, 0.717) is 0 Å². The van der Waals surface area contributed by atoms with E-state index in [1.54, 1.807) is 28.7 Å². The molecule has 0 aromatic carbocycles. The fraction of sp³-hybridized carbons (Fsp3) is 0.750. The standard InChI is InChI=1S/C8H15IO3/c1-2-3-4-5-6-7(9)8(10,11)12/h6,10-12H,2-5H2,1H3/b7-6-. The molecule has 0 aromatic rings. The first kappa shape index (κ1) is 12.3. The molecule has 0 atom stereocenters. The highest BCUT2D eigenvalue weighted by atomic mass is 127. The first-order chi connectivity index (χ1) is 5.48. The van der Waals surface area contributed by atoms with Crippen molar-refractivity contribution in [2.45, 2.75) is 38.6 Å². The van der Waals surface area contributed by atoms with E-state index < -0.39 is 5.97 Å². The molecule has 0 saturated carbocycles. The zero-order valence-electron chi connectivity index (χ0n) is 7.13. The van der Waals surface area contributed by atoms with Crippen molar-refractivity contribution < 1.29 is 15.3 Å². The van der Waals surface area contributed by atoms with Crippen LogP contribution in [0.25, 0.3) is 0 Å². The van der Waals surface area contributed by atoms with Gasteiger partial charge in [0.15, 0.2) is 0 Å². The van der Waals surface area contributed by atoms with E-state index in [-0.39, 0.29) is 3.58 Å². The molecule has 0 rings (SSSR count). The van der Waals surface area contributed by atoms with Crippen LogP contribution in [-0.2, 0) is 0 Å². The van der Waals surface area contributed by atoms with Crippen LogP contribution in [-0.4, -0.2) is 21.3 Å². The number of aliphatic hydroxyl groups is 3. The van der Waals surface area contributed by atoms with Crippen LogP contribution in [0.2, 0.25) is 0 Å². The van der Waals surface area contributed by atoms with Gasteiger partial charge in [0.25, 0.3) is 0 Å². The van der Waals surface area contributed by atoms with Crippen LogP contribution in [0.15, 0.2) is 9.66 Å². The van der Waals surface area contributed by atoms with E-state index in [1.807, 2.05) is 0 Å². The van der Waals surface area contributed by atoms with Gasteiger partial charge in [0.1, 0.15) is 0 Å². The SMILES string of the molecule is CCCCC/C=C(\I)C(O)(O)O. The minimum atomic E-state index is -2.65. The zero-order chi connectivity index (χ0) is 9.61. The molecule has 0 fully saturated rings. The average Bonchev–Trinajstić information content (AvgIpc) is 1.96. The summed E-state index contributed by atoms with van der Waals surface area (Å²) < 4.78 is 0.163. The van der Waals surface area contributed by atoms with E-state index in [9.17, 15) is 0 Å². The molecule has 4 heteroatoms. The second-order valence-electron chi connectivity index (χ2n) is 2.68. The van der Waals surface area contributed by atoms with Gasteiger partial charge in [-0.3, -0.25) is 0 Å². The van der Waals surface area contributed by atoms with Crippen LogP contribution in [0.5, 0.6) is 0 Å². The number of halogens is 1. The second kappa shape index (κ2) is 5.90. The van der Waals surface area contributed by atoms with Crippen LogP contribution in [0.4, 0.5) is 0 Å². The third-order valence-corrected chi connectivity index (χ3v) is 2.62. The van der Waals surface area contributed by atoms with Crippen molar-refractivity contribution in [3.8, 4) is 0 Å². The molecule has 12 heavy (non-hydrogen) atoms. The maximum absolute atomic E-state index is 8.68. The van der Waals surface area contributed by atoms with Gasteiger partial charge < -0.3 is 15.3 Å². The largest absolute Gasteiger partial charge is 0.339 e. The fourth-order valence-corrected chi connectivity index (χ4v) is 1.07. The summed E-state index contributed by atoms with van der Waals surface area (Å²) in [5, 5.41) is 26.0. The zero-order valence-corrected chi connectivity index (χ0v) is 9.28. The molecule has 0 unspecified atom stereocenters. The number of rotatable bonds is 5. The topological polar surface area (TPSA) is 60.7 Å². The summed E-state index contributed by atoms with van der Waals surface area (Å²) in [5.41, 5.74) is 0. The van der Waals surface area contributed by atoms with E-state index in [1.165, 1.54) is 0 Å². The van der Waals surface area contributed by atoms with E-state index in [4.69, 9.17) is 15.3 Å². The Bertz CT molecular complexity index is 149. The van der Waals surface area contributed by atoms with Crippen LogP contribution in [0, 0.1) is 0 Å². The highest BCUT2D eigenvalue weighted by Gasteiger charge is 2.21. The van der Waals surface area contributed by atoms with Gasteiger partial charge in [0.2, 0.25) is 0 Å². The molecule has 0 heterocycles. The molecule has 0 aliphatic carbocycles. The first-order valence-electron chi connectivity index (χ1n) is 4.01. The molecule has 72 valence electrons. The summed E-state index contributed by atoms with van der Waals surface area (Å²) in [6.45, 7) is 2.10. The molecular weight excluding hydrogens is 271 g/mol. The minimum Gasteiger partial charge on any atom is -0.339 e. The van der Waals surface area contributed by atoms with Crippen molar-refractivity contribution in [3.05, 3.63) is 9.66 Å². The number of hydrogen-bond acceptors (Lipinski definition) is 3. The third-order valence-electron chi connectivity index (χ3n) is 1.45. The summed E-state index contributed by atoms with van der Waals surface area (Å²) in [4.78, 5) is 0. The Morgan fingerprint density at radius 3 is 2.33 bits per heavy atom. The van der Waals surface area contributed by atoms with E-state index in [2.05, 4.69) is 6.92 Å². The predicted octanol–water partition coefficient (Wildman–Crippen LogP) is 1.52. The van der Waals surface area contributed by atoms with Gasteiger partial charge in [-0.05, 0) is 35.4 Å². The van der Waals surface area contributed by atoms with Gasteiger partial charge in [0.05, 0.1) is 3.58 Å². The molecule has 0 bridgehead atoms. The van der Waals surface area contributed by atoms with Gasteiger partial charge in [0, 0.05) is 0 Å². The molecule has 0 aliphatic rings. The number of hydrogen-bond donors (Lipinski definition) is 3. The normalized spacial score (nSPS) is 13.6. The molecule has 0 spiro atoms. The molecule has 3 N–H and O–H groups in total. The molecule has 0 radical (unpaired) electrons. The quantitative estimate of drug-likeness (QED) is 0.408. The van der Waals surface area contributed by atoms with Crippen molar-refractivity contribution in [1.82, 2.24) is 0 Å². The van der Waals surface area contributed by atoms with Crippen LogP contribution in [0.1, 0.15) is 32.6 Å². The minimum absolute atomic E-state index is 0.163. The van der Waals surface area contributed by atoms with Crippen molar-refractivity contribution in [2.24, 2.45) is 0 Å². The van der Waals surface area contributed by atoms with Gasteiger partial charge in [-0.2, -0.15) is 0 Å². The second-order valence-corrected chi connectivity index (χ2v) is 3.85. The van der Waals surface area contributed by atoms with Gasteiger partial charge >= 0.3 is 5.97 Å². The fourth-order valence-electron chi connectivity index (χ4n) is 0.760. The highest BCUT2D eigenvalue weighted by Crippen LogP contribution is 2.19. The molecule has 3 nitrogen and oxygen atoms in total. The lowest BCUT2D eigenvalue weighted by atomic mass is 10.2. The lowest BCUT2D eigenvalue weighted by Crippen LogP contribution is -2.26. The lowest BCUT2D eigenvalue weighted by molar-refractivity contribution is -0.274. The Morgan fingerprint density at radius 1 is 1.33 bits per heavy atom. The maximum Gasteiger partial charge on any atom is 0.310 e. The molecule has 0 aliphatic heterocycles. The summed E-state index contributed by atoms with van der Waals surface area (Å²) in [5.74, 6) is -2.65. The average molecular weight is 286 g/mol. The van der Waals surface area contributed by atoms with Crippen LogP contribution in [0.3, 0.4) is 0 Å². The van der Waals surface area contributed by atoms with Crippen molar-refractivity contribution in [3.63, 3.8) is 0 Å². The Morgan fingerprint density at radius 2 is 1.92 bits per heavy atom. The highest BCUT2D eigenvalue weighted by molar-refractivity contribution is 14.1. The van der Waals surface area contributed by atoms with Crippen molar-refractivity contribution in [2.75, 3.05) is 0 Å². The summed E-state index contributed by atoms with van der Waals surface area (Å²) in [6, 6.07) is 0. The number of unbranched alkanes of at least 4 members (excludes halogenated alkanes) is 3. The van der Waals surface area contributed by atoms with E-state index in [0.717, 1.165) is 25.7 Å². The van der Waals surface area contributed by atoms with Gasteiger partial charge in [-0.25, -0.2) is 0 Å². The predicted molar refractivity (Wildman–Crippen MR) is 55.6 cm³/mol. The van der Waals surface area contributed by atoms with Crippen LogP contribution >= 0.6 is 22.6 Å². The third kappa shape index (κ3) is 5.93. The Hall–Kier alpha value is 0.350. The van der Waals surface area contributed by atoms with Crippen molar-refractivity contribution in [1.29, 1.82) is 0 Å². The number of allylic oxidation sites excluding steroid dienone is 1.